The number of carbonyl (C=O) groups is 1. The van der Waals surface area contributed by atoms with E-state index in [-0.39, 0.29) is 0 Å². The Morgan fingerprint density at radius 1 is 1.38 bits per heavy atom. The average molecular weight is 220 g/mol. The lowest BCUT2D eigenvalue weighted by Crippen LogP contribution is -2.03. The monoisotopic (exact) mass is 220 g/mol. The van der Waals surface area contributed by atoms with Crippen LogP contribution in [-0.2, 0) is 4.79 Å². The average Bonchev–Trinajstić information content (AvgIpc) is 2.15. The Morgan fingerprint density at radius 3 is 2.44 bits per heavy atom. The van der Waals surface area contributed by atoms with Crippen LogP contribution in [0.4, 0.5) is 0 Å². The minimum Gasteiger partial charge on any atom is -0.489 e. The van der Waals surface area contributed by atoms with Gasteiger partial charge in [-0.25, -0.2) is 4.79 Å². The Bertz CT molecular complexity index is 399. The molecule has 16 heavy (non-hydrogen) atoms. The van der Waals surface area contributed by atoms with E-state index in [2.05, 4.69) is 0 Å². The standard InChI is InChI=1S/C13H16O3/c1-9(7-12(14)15)8-16-13-10(2)5-4-6-11(13)3/h4-7H,8H2,1-3H3,(H,14,15). The SMILES string of the molecule is CC(=CC(=O)O)COc1c(C)cccc1C. The fourth-order valence-corrected chi connectivity index (χ4v) is 1.47. The lowest BCUT2D eigenvalue weighted by atomic mass is 10.1. The van der Waals surface area contributed by atoms with E-state index in [4.69, 9.17) is 9.84 Å². The van der Waals surface area contributed by atoms with Crippen LogP contribution in [0.15, 0.2) is 29.8 Å². The van der Waals surface area contributed by atoms with Gasteiger partial charge in [-0.3, -0.25) is 0 Å². The van der Waals surface area contributed by atoms with Crippen molar-refractivity contribution in [1.82, 2.24) is 0 Å². The third-order valence-electron chi connectivity index (χ3n) is 2.22. The molecule has 0 bridgehead atoms. The topological polar surface area (TPSA) is 46.5 Å². The molecule has 3 heteroatoms. The van der Waals surface area contributed by atoms with Crippen LogP contribution >= 0.6 is 0 Å². The number of aryl methyl sites for hydroxylation is 2. The zero-order chi connectivity index (χ0) is 12.1. The number of ether oxygens (including phenoxy) is 1. The number of hydrogen-bond acceptors (Lipinski definition) is 2. The van der Waals surface area contributed by atoms with Crippen LogP contribution in [0.5, 0.6) is 5.75 Å². The summed E-state index contributed by atoms with van der Waals surface area (Å²) in [5, 5.41) is 8.56. The van der Waals surface area contributed by atoms with Crippen LogP contribution in [0.25, 0.3) is 0 Å². The Balaban J connectivity index is 2.72. The minimum absolute atomic E-state index is 0.304. The Labute approximate surface area is 95.4 Å². The molecular weight excluding hydrogens is 204 g/mol. The van der Waals surface area contributed by atoms with Crippen molar-refractivity contribution in [3.05, 3.63) is 41.0 Å². The van der Waals surface area contributed by atoms with Gasteiger partial charge in [0.2, 0.25) is 0 Å². The van der Waals surface area contributed by atoms with E-state index in [0.717, 1.165) is 23.0 Å². The molecular formula is C13H16O3. The second kappa shape index (κ2) is 5.35. The number of carboxylic acids is 1. The number of aliphatic carboxylic acids is 1. The Morgan fingerprint density at radius 2 is 1.94 bits per heavy atom. The van der Waals surface area contributed by atoms with E-state index in [0.29, 0.717) is 12.2 Å². The van der Waals surface area contributed by atoms with Crippen LogP contribution in [0.1, 0.15) is 18.1 Å². The lowest BCUT2D eigenvalue weighted by molar-refractivity contribution is -0.131. The summed E-state index contributed by atoms with van der Waals surface area (Å²) in [4.78, 5) is 10.4. The van der Waals surface area contributed by atoms with E-state index in [9.17, 15) is 4.79 Å². The molecule has 0 atom stereocenters. The molecule has 1 aromatic rings. The van der Waals surface area contributed by atoms with Crippen molar-refractivity contribution < 1.29 is 14.6 Å². The number of benzene rings is 1. The Kier molecular flexibility index (Phi) is 4.11. The molecule has 1 aromatic carbocycles. The molecule has 0 unspecified atom stereocenters. The maximum atomic E-state index is 10.4. The minimum atomic E-state index is -0.942. The molecule has 0 amide bonds. The van der Waals surface area contributed by atoms with Gasteiger partial charge in [-0.15, -0.1) is 0 Å². The van der Waals surface area contributed by atoms with Gasteiger partial charge in [-0.1, -0.05) is 18.2 Å². The molecule has 0 aliphatic heterocycles. The van der Waals surface area contributed by atoms with Crippen molar-refractivity contribution in [1.29, 1.82) is 0 Å². The number of para-hydroxylation sites is 1. The van der Waals surface area contributed by atoms with Gasteiger partial charge in [0.05, 0.1) is 0 Å². The summed E-state index contributed by atoms with van der Waals surface area (Å²) >= 11 is 0. The summed E-state index contributed by atoms with van der Waals surface area (Å²) < 4.78 is 5.60. The largest absolute Gasteiger partial charge is 0.489 e. The van der Waals surface area contributed by atoms with Crippen molar-refractivity contribution in [2.45, 2.75) is 20.8 Å². The fourth-order valence-electron chi connectivity index (χ4n) is 1.47. The first-order valence-corrected chi connectivity index (χ1v) is 5.10. The molecule has 0 aliphatic rings. The number of carboxylic acid groups (broad SMARTS) is 1. The molecule has 0 radical (unpaired) electrons. The summed E-state index contributed by atoms with van der Waals surface area (Å²) in [5.41, 5.74) is 2.81. The molecule has 0 saturated carbocycles. The predicted molar refractivity (Wildman–Crippen MR) is 62.8 cm³/mol. The maximum Gasteiger partial charge on any atom is 0.328 e. The van der Waals surface area contributed by atoms with Gasteiger partial charge in [0, 0.05) is 6.08 Å². The molecule has 0 spiro atoms. The van der Waals surface area contributed by atoms with Crippen molar-refractivity contribution in [3.8, 4) is 5.75 Å². The molecule has 0 aliphatic carbocycles. The van der Waals surface area contributed by atoms with Gasteiger partial charge >= 0.3 is 5.97 Å². The van der Waals surface area contributed by atoms with Gasteiger partial charge in [-0.05, 0) is 37.5 Å². The van der Waals surface area contributed by atoms with Gasteiger partial charge in [0.25, 0.3) is 0 Å². The maximum absolute atomic E-state index is 10.4. The third-order valence-corrected chi connectivity index (χ3v) is 2.22. The first kappa shape index (κ1) is 12.3. The van der Waals surface area contributed by atoms with Crippen molar-refractivity contribution >= 4 is 5.97 Å². The summed E-state index contributed by atoms with van der Waals surface area (Å²) in [6.07, 6.45) is 1.16. The van der Waals surface area contributed by atoms with Crippen LogP contribution in [0.2, 0.25) is 0 Å². The van der Waals surface area contributed by atoms with Crippen LogP contribution in [0.3, 0.4) is 0 Å². The summed E-state index contributed by atoms with van der Waals surface area (Å²) in [6, 6.07) is 5.91. The van der Waals surface area contributed by atoms with E-state index >= 15 is 0 Å². The summed E-state index contributed by atoms with van der Waals surface area (Å²) in [5.74, 6) is -0.108. The first-order valence-electron chi connectivity index (χ1n) is 5.10. The van der Waals surface area contributed by atoms with Crippen LogP contribution < -0.4 is 4.74 Å². The molecule has 0 fully saturated rings. The number of rotatable bonds is 4. The van der Waals surface area contributed by atoms with E-state index in [1.807, 2.05) is 32.0 Å². The quantitative estimate of drug-likeness (QED) is 0.793. The van der Waals surface area contributed by atoms with E-state index < -0.39 is 5.97 Å². The summed E-state index contributed by atoms with van der Waals surface area (Å²) in [7, 11) is 0. The van der Waals surface area contributed by atoms with Crippen molar-refractivity contribution in [3.63, 3.8) is 0 Å². The van der Waals surface area contributed by atoms with Crippen molar-refractivity contribution in [2.24, 2.45) is 0 Å². The second-order valence-corrected chi connectivity index (χ2v) is 3.84. The van der Waals surface area contributed by atoms with Gasteiger partial charge in [-0.2, -0.15) is 0 Å². The van der Waals surface area contributed by atoms with E-state index in [1.54, 1.807) is 6.92 Å². The normalized spacial score (nSPS) is 11.3. The second-order valence-electron chi connectivity index (χ2n) is 3.84. The first-order chi connectivity index (χ1) is 7.50. The highest BCUT2D eigenvalue weighted by atomic mass is 16.5. The van der Waals surface area contributed by atoms with Crippen molar-refractivity contribution in [2.75, 3.05) is 6.61 Å². The zero-order valence-electron chi connectivity index (χ0n) is 9.78. The molecule has 3 nitrogen and oxygen atoms in total. The molecule has 0 heterocycles. The molecule has 1 rings (SSSR count). The highest BCUT2D eigenvalue weighted by Crippen LogP contribution is 2.22. The van der Waals surface area contributed by atoms with Crippen LogP contribution in [-0.4, -0.2) is 17.7 Å². The summed E-state index contributed by atoms with van der Waals surface area (Å²) in [6.45, 7) is 5.98. The van der Waals surface area contributed by atoms with Gasteiger partial charge in [0.1, 0.15) is 12.4 Å². The highest BCUT2D eigenvalue weighted by Gasteiger charge is 2.03. The fraction of sp³-hybridized carbons (Fsp3) is 0.308. The molecule has 0 saturated heterocycles. The molecule has 1 N–H and O–H groups in total. The zero-order valence-corrected chi connectivity index (χ0v) is 9.78. The van der Waals surface area contributed by atoms with Gasteiger partial charge < -0.3 is 9.84 Å². The highest BCUT2D eigenvalue weighted by molar-refractivity contribution is 5.80. The third kappa shape index (κ3) is 3.42. The van der Waals surface area contributed by atoms with Gasteiger partial charge in [0.15, 0.2) is 0 Å². The van der Waals surface area contributed by atoms with E-state index in [1.165, 1.54) is 0 Å². The smallest absolute Gasteiger partial charge is 0.328 e. The molecule has 0 aromatic heterocycles. The predicted octanol–water partition coefficient (Wildman–Crippen LogP) is 2.71. The molecule has 86 valence electrons. The number of hydrogen-bond donors (Lipinski definition) is 1. The Hall–Kier alpha value is -1.77. The lowest BCUT2D eigenvalue weighted by Gasteiger charge is -2.11. The van der Waals surface area contributed by atoms with Crippen LogP contribution in [0, 0.1) is 13.8 Å².